The molecule has 1 fully saturated rings. The topological polar surface area (TPSA) is 73.0 Å². The normalized spacial score (nSPS) is 16.9. The molecule has 16 heavy (non-hydrogen) atoms. The first-order valence-corrected chi connectivity index (χ1v) is 5.59. The van der Waals surface area contributed by atoms with Gasteiger partial charge in [-0.2, -0.15) is 0 Å². The fraction of sp³-hybridized carbons (Fsp3) is 0.417. The Morgan fingerprint density at radius 2 is 1.94 bits per heavy atom. The van der Waals surface area contributed by atoms with Crippen molar-refractivity contribution in [2.24, 2.45) is 0 Å². The van der Waals surface area contributed by atoms with Crippen LogP contribution >= 0.6 is 0 Å². The minimum absolute atomic E-state index is 0.00438. The van der Waals surface area contributed by atoms with Crippen LogP contribution in [0.3, 0.4) is 0 Å². The Hall–Kier alpha value is -1.39. The number of nitrogens with one attached hydrogen (secondary N) is 3. The third-order valence-electron chi connectivity index (χ3n) is 2.76. The van der Waals surface area contributed by atoms with Crippen LogP contribution in [0.2, 0.25) is 0 Å². The Morgan fingerprint density at radius 1 is 1.31 bits per heavy atom. The number of carbonyl (C=O) groups is 1. The zero-order valence-electron chi connectivity index (χ0n) is 9.63. The first kappa shape index (κ1) is 11.1. The fourth-order valence-electron chi connectivity index (χ4n) is 1.53. The van der Waals surface area contributed by atoms with E-state index in [1.807, 2.05) is 31.2 Å². The van der Waals surface area contributed by atoms with Crippen molar-refractivity contribution in [2.75, 3.05) is 6.54 Å². The summed E-state index contributed by atoms with van der Waals surface area (Å²) in [6.45, 7) is 4.81. The highest BCUT2D eigenvalue weighted by molar-refractivity contribution is 5.94. The summed E-state index contributed by atoms with van der Waals surface area (Å²) >= 11 is 0. The van der Waals surface area contributed by atoms with Crippen LogP contribution < -0.4 is 16.2 Å². The number of benzene rings is 1. The van der Waals surface area contributed by atoms with Crippen molar-refractivity contribution in [1.29, 1.82) is 0 Å². The molecule has 1 aromatic carbocycles. The van der Waals surface area contributed by atoms with Crippen molar-refractivity contribution in [3.8, 4) is 0 Å². The van der Waals surface area contributed by atoms with Crippen LogP contribution in [0.4, 0.5) is 0 Å². The monoisotopic (exact) mass is 219 g/mol. The standard InChI is InChI=1S/C12H17N3O/c1-3-8-13-11(16)9-4-6-10(7-5-9)12(2)14-15-12/h4-7,14-15H,3,8H2,1-2H3,(H,13,16). The van der Waals surface area contributed by atoms with Crippen molar-refractivity contribution >= 4 is 5.91 Å². The third kappa shape index (κ3) is 2.23. The first-order chi connectivity index (χ1) is 7.65. The Kier molecular flexibility index (Phi) is 2.94. The van der Waals surface area contributed by atoms with E-state index in [2.05, 4.69) is 23.1 Å². The number of rotatable bonds is 4. The van der Waals surface area contributed by atoms with E-state index in [-0.39, 0.29) is 11.6 Å². The number of carbonyl (C=O) groups excluding carboxylic acids is 1. The Labute approximate surface area is 95.4 Å². The molecule has 2 rings (SSSR count). The molecular formula is C12H17N3O. The summed E-state index contributed by atoms with van der Waals surface area (Å²) in [7, 11) is 0. The van der Waals surface area contributed by atoms with Gasteiger partial charge in [0.15, 0.2) is 0 Å². The van der Waals surface area contributed by atoms with E-state index in [0.29, 0.717) is 5.56 Å². The maximum atomic E-state index is 11.6. The molecule has 1 saturated heterocycles. The van der Waals surface area contributed by atoms with Crippen LogP contribution in [0.1, 0.15) is 36.2 Å². The molecule has 0 aromatic heterocycles. The predicted molar refractivity (Wildman–Crippen MR) is 62.7 cm³/mol. The van der Waals surface area contributed by atoms with Crippen LogP contribution in [-0.2, 0) is 5.66 Å². The molecule has 0 bridgehead atoms. The average Bonchev–Trinajstić information content (AvgIpc) is 3.06. The molecule has 1 aliphatic rings. The lowest BCUT2D eigenvalue weighted by atomic mass is 10.0. The largest absolute Gasteiger partial charge is 0.352 e. The maximum absolute atomic E-state index is 11.6. The van der Waals surface area contributed by atoms with Gasteiger partial charge in [0.1, 0.15) is 5.66 Å². The van der Waals surface area contributed by atoms with Crippen LogP contribution in [-0.4, -0.2) is 12.5 Å². The summed E-state index contributed by atoms with van der Waals surface area (Å²) in [5, 5.41) is 2.85. The molecule has 4 heteroatoms. The molecule has 3 N–H and O–H groups in total. The molecule has 86 valence electrons. The van der Waals surface area contributed by atoms with E-state index in [4.69, 9.17) is 0 Å². The quantitative estimate of drug-likeness (QED) is 0.664. The lowest BCUT2D eigenvalue weighted by Gasteiger charge is -2.07. The van der Waals surface area contributed by atoms with Gasteiger partial charge in [-0.05, 0) is 31.0 Å². The number of amides is 1. The van der Waals surface area contributed by atoms with Crippen LogP contribution in [0, 0.1) is 0 Å². The van der Waals surface area contributed by atoms with E-state index < -0.39 is 0 Å². The first-order valence-electron chi connectivity index (χ1n) is 5.59. The summed E-state index contributed by atoms with van der Waals surface area (Å²) < 4.78 is 0. The molecule has 4 nitrogen and oxygen atoms in total. The van der Waals surface area contributed by atoms with Gasteiger partial charge in [-0.3, -0.25) is 4.79 Å². The summed E-state index contributed by atoms with van der Waals surface area (Å²) in [6, 6.07) is 7.64. The van der Waals surface area contributed by atoms with Crippen molar-refractivity contribution in [1.82, 2.24) is 16.2 Å². The number of hydrazine groups is 1. The minimum Gasteiger partial charge on any atom is -0.352 e. The molecule has 0 unspecified atom stereocenters. The van der Waals surface area contributed by atoms with E-state index in [0.717, 1.165) is 18.5 Å². The molecule has 1 amide bonds. The fourth-order valence-corrected chi connectivity index (χ4v) is 1.53. The van der Waals surface area contributed by atoms with Gasteiger partial charge in [0.05, 0.1) is 0 Å². The molecule has 0 saturated carbocycles. The average molecular weight is 219 g/mol. The molecule has 0 spiro atoms. The second kappa shape index (κ2) is 4.23. The van der Waals surface area contributed by atoms with E-state index in [1.165, 1.54) is 0 Å². The van der Waals surface area contributed by atoms with Gasteiger partial charge in [0.2, 0.25) is 0 Å². The zero-order chi connectivity index (χ0) is 11.6. The van der Waals surface area contributed by atoms with E-state index >= 15 is 0 Å². The van der Waals surface area contributed by atoms with E-state index in [9.17, 15) is 4.79 Å². The van der Waals surface area contributed by atoms with Crippen molar-refractivity contribution in [2.45, 2.75) is 25.9 Å². The van der Waals surface area contributed by atoms with Gasteiger partial charge in [-0.15, -0.1) is 0 Å². The predicted octanol–water partition coefficient (Wildman–Crippen LogP) is 1.11. The summed E-state index contributed by atoms with van der Waals surface area (Å²) in [6.07, 6.45) is 0.954. The highest BCUT2D eigenvalue weighted by Gasteiger charge is 2.37. The second-order valence-corrected chi connectivity index (χ2v) is 4.21. The molecule has 1 aliphatic heterocycles. The minimum atomic E-state index is -0.113. The molecule has 1 aromatic rings. The van der Waals surface area contributed by atoms with Gasteiger partial charge in [-0.25, -0.2) is 10.9 Å². The summed E-state index contributed by atoms with van der Waals surface area (Å²) in [5.41, 5.74) is 7.85. The lowest BCUT2D eigenvalue weighted by Crippen LogP contribution is -2.24. The number of hydrogen-bond acceptors (Lipinski definition) is 3. The molecule has 0 radical (unpaired) electrons. The molecule has 0 atom stereocenters. The smallest absolute Gasteiger partial charge is 0.251 e. The SMILES string of the molecule is CCCNC(=O)c1ccc(C2(C)NN2)cc1. The van der Waals surface area contributed by atoms with Gasteiger partial charge >= 0.3 is 0 Å². The van der Waals surface area contributed by atoms with Crippen molar-refractivity contribution < 1.29 is 4.79 Å². The van der Waals surface area contributed by atoms with Crippen molar-refractivity contribution in [3.05, 3.63) is 35.4 Å². The number of hydrogen-bond donors (Lipinski definition) is 3. The van der Waals surface area contributed by atoms with Gasteiger partial charge in [-0.1, -0.05) is 19.1 Å². The van der Waals surface area contributed by atoms with Gasteiger partial charge < -0.3 is 5.32 Å². The van der Waals surface area contributed by atoms with Crippen LogP contribution in [0.5, 0.6) is 0 Å². The summed E-state index contributed by atoms with van der Waals surface area (Å²) in [5.74, 6) is -0.00438. The van der Waals surface area contributed by atoms with Crippen LogP contribution in [0.15, 0.2) is 24.3 Å². The second-order valence-electron chi connectivity index (χ2n) is 4.21. The maximum Gasteiger partial charge on any atom is 0.251 e. The lowest BCUT2D eigenvalue weighted by molar-refractivity contribution is 0.0953. The zero-order valence-corrected chi connectivity index (χ0v) is 9.63. The van der Waals surface area contributed by atoms with Gasteiger partial charge in [0, 0.05) is 12.1 Å². The highest BCUT2D eigenvalue weighted by atomic mass is 16.1. The van der Waals surface area contributed by atoms with Crippen molar-refractivity contribution in [3.63, 3.8) is 0 Å². The highest BCUT2D eigenvalue weighted by Crippen LogP contribution is 2.24. The van der Waals surface area contributed by atoms with Crippen LogP contribution in [0.25, 0.3) is 0 Å². The van der Waals surface area contributed by atoms with E-state index in [1.54, 1.807) is 0 Å². The summed E-state index contributed by atoms with van der Waals surface area (Å²) in [4.78, 5) is 11.6. The molecular weight excluding hydrogens is 202 g/mol. The molecule has 0 aliphatic carbocycles. The molecule has 1 heterocycles. The third-order valence-corrected chi connectivity index (χ3v) is 2.76. The Morgan fingerprint density at radius 3 is 2.44 bits per heavy atom. The Bertz CT molecular complexity index is 382. The Balaban J connectivity index is 2.04. The van der Waals surface area contributed by atoms with Gasteiger partial charge in [0.25, 0.3) is 5.91 Å².